The molecule has 0 bridgehead atoms. The summed E-state index contributed by atoms with van der Waals surface area (Å²) in [7, 11) is -2.91. The van der Waals surface area contributed by atoms with Gasteiger partial charge in [-0.2, -0.15) is 0 Å². The summed E-state index contributed by atoms with van der Waals surface area (Å²) in [5, 5.41) is 6.49. The van der Waals surface area contributed by atoms with Gasteiger partial charge in [0.05, 0.1) is 24.7 Å². The normalized spacial score (nSPS) is 19.0. The first kappa shape index (κ1) is 26.0. The van der Waals surface area contributed by atoms with E-state index in [9.17, 15) is 8.42 Å². The first-order valence-electron chi connectivity index (χ1n) is 10.1. The van der Waals surface area contributed by atoms with Crippen molar-refractivity contribution < 1.29 is 13.2 Å². The van der Waals surface area contributed by atoms with Crippen molar-refractivity contribution in [1.29, 1.82) is 0 Å². The van der Waals surface area contributed by atoms with Crippen LogP contribution in [0.5, 0.6) is 5.75 Å². The van der Waals surface area contributed by atoms with Gasteiger partial charge in [0.25, 0.3) is 0 Å². The van der Waals surface area contributed by atoms with Crippen LogP contribution in [0.15, 0.2) is 29.3 Å². The number of guanidine groups is 1. The molecule has 1 aromatic rings. The van der Waals surface area contributed by atoms with Gasteiger partial charge in [0.1, 0.15) is 5.75 Å². The molecule has 2 N–H and O–H groups in total. The number of ether oxygens (including phenoxy) is 1. The van der Waals surface area contributed by atoms with Gasteiger partial charge in [-0.3, -0.25) is 4.99 Å². The number of benzene rings is 1. The Balaban J connectivity index is 0.00000420. The van der Waals surface area contributed by atoms with Crippen LogP contribution in [0.25, 0.3) is 0 Å². The molecule has 0 amide bonds. The maximum absolute atomic E-state index is 11.7. The van der Waals surface area contributed by atoms with E-state index < -0.39 is 9.84 Å². The minimum Gasteiger partial charge on any atom is -0.493 e. The Hall–Kier alpha value is -1.03. The molecule has 6 nitrogen and oxygen atoms in total. The number of halogens is 1. The molecule has 2 rings (SSSR count). The first-order chi connectivity index (χ1) is 13.1. The minimum absolute atomic E-state index is 0. The molecule has 0 aliphatic carbocycles. The van der Waals surface area contributed by atoms with E-state index in [0.717, 1.165) is 12.3 Å². The minimum atomic E-state index is -2.91. The second-order valence-electron chi connectivity index (χ2n) is 8.55. The van der Waals surface area contributed by atoms with Gasteiger partial charge in [-0.15, -0.1) is 24.0 Å². The summed E-state index contributed by atoms with van der Waals surface area (Å²) >= 11 is 0. The van der Waals surface area contributed by atoms with E-state index in [-0.39, 0.29) is 46.9 Å². The second-order valence-corrected chi connectivity index (χ2v) is 10.8. The van der Waals surface area contributed by atoms with Gasteiger partial charge in [-0.05, 0) is 37.0 Å². The fourth-order valence-electron chi connectivity index (χ4n) is 3.06. The lowest BCUT2D eigenvalue weighted by Crippen LogP contribution is -2.44. The molecule has 1 aromatic carbocycles. The van der Waals surface area contributed by atoms with E-state index in [1.807, 2.05) is 19.1 Å². The summed E-state index contributed by atoms with van der Waals surface area (Å²) in [6.07, 6.45) is 0.633. The molecule has 0 spiro atoms. The summed E-state index contributed by atoms with van der Waals surface area (Å²) < 4.78 is 29.1. The number of rotatable bonds is 8. The van der Waals surface area contributed by atoms with Gasteiger partial charge >= 0.3 is 0 Å². The van der Waals surface area contributed by atoms with Crippen LogP contribution < -0.4 is 15.4 Å². The zero-order valence-corrected chi connectivity index (χ0v) is 21.3. The van der Waals surface area contributed by atoms with E-state index in [2.05, 4.69) is 50.5 Å². The topological polar surface area (TPSA) is 79.8 Å². The van der Waals surface area contributed by atoms with Crippen LogP contribution in [-0.2, 0) is 15.3 Å². The maximum atomic E-state index is 11.7. The van der Waals surface area contributed by atoms with Gasteiger partial charge in [0.15, 0.2) is 15.8 Å². The Kier molecular flexibility index (Phi) is 10.2. The van der Waals surface area contributed by atoms with Crippen molar-refractivity contribution in [2.75, 3.05) is 31.2 Å². The van der Waals surface area contributed by atoms with Crippen LogP contribution in [0.4, 0.5) is 0 Å². The summed E-state index contributed by atoms with van der Waals surface area (Å²) in [6, 6.07) is 8.14. The quantitative estimate of drug-likeness (QED) is 0.302. The van der Waals surface area contributed by atoms with Crippen LogP contribution in [0.2, 0.25) is 0 Å². The summed E-state index contributed by atoms with van der Waals surface area (Å²) in [5.41, 5.74) is 1.04. The molecule has 1 aliphatic heterocycles. The van der Waals surface area contributed by atoms with Gasteiger partial charge in [-0.25, -0.2) is 8.42 Å². The molecule has 166 valence electrons. The Morgan fingerprint density at radius 3 is 2.45 bits per heavy atom. The van der Waals surface area contributed by atoms with Crippen LogP contribution in [0.1, 0.15) is 46.6 Å². The summed E-state index contributed by atoms with van der Waals surface area (Å²) in [6.45, 7) is 12.6. The lowest BCUT2D eigenvalue weighted by molar-refractivity contribution is 0.271. The molecule has 8 heteroatoms. The number of nitrogens with one attached hydrogen (secondary N) is 2. The average Bonchev–Trinajstić information content (AvgIpc) is 2.97. The van der Waals surface area contributed by atoms with Crippen LogP contribution in [0, 0.1) is 5.92 Å². The van der Waals surface area contributed by atoms with Crippen molar-refractivity contribution >= 4 is 39.8 Å². The van der Waals surface area contributed by atoms with Crippen molar-refractivity contribution in [3.05, 3.63) is 29.8 Å². The van der Waals surface area contributed by atoms with Crippen LogP contribution in [-0.4, -0.2) is 51.6 Å². The Bertz CT molecular complexity index is 762. The second kappa shape index (κ2) is 11.4. The Morgan fingerprint density at radius 1 is 1.28 bits per heavy atom. The molecule has 0 radical (unpaired) electrons. The molecule has 0 aromatic heterocycles. The number of hydrogen-bond donors (Lipinski definition) is 2. The monoisotopic (exact) mass is 537 g/mol. The molecule has 1 unspecified atom stereocenters. The average molecular weight is 538 g/mol. The molecular weight excluding hydrogens is 501 g/mol. The van der Waals surface area contributed by atoms with Crippen molar-refractivity contribution in [3.63, 3.8) is 0 Å². The Morgan fingerprint density at radius 2 is 1.93 bits per heavy atom. The standard InChI is InChI=1S/C21H35N3O3S.HI/c1-6-22-20(24-18-11-12-28(25,26)14-18)23-15-21(4,5)17-7-9-19(10-8-17)27-13-16(2)3;/h7-10,16,18H,6,11-15H2,1-5H3,(H2,22,23,24);1H. The smallest absolute Gasteiger partial charge is 0.191 e. The predicted octanol–water partition coefficient (Wildman–Crippen LogP) is 3.36. The van der Waals surface area contributed by atoms with Crippen molar-refractivity contribution in [2.24, 2.45) is 10.9 Å². The highest BCUT2D eigenvalue weighted by molar-refractivity contribution is 14.0. The molecule has 1 aliphatic rings. The van der Waals surface area contributed by atoms with Crippen molar-refractivity contribution in [2.45, 2.75) is 52.5 Å². The largest absolute Gasteiger partial charge is 0.493 e. The molecule has 1 heterocycles. The summed E-state index contributed by atoms with van der Waals surface area (Å²) in [4.78, 5) is 4.72. The molecular formula is C21H36IN3O3S. The van der Waals surface area contributed by atoms with Gasteiger partial charge in [0, 0.05) is 18.0 Å². The Labute approximate surface area is 193 Å². The number of nitrogens with zero attached hydrogens (tertiary/aromatic N) is 1. The fourth-order valence-corrected chi connectivity index (χ4v) is 4.73. The first-order valence-corrected chi connectivity index (χ1v) is 11.9. The highest BCUT2D eigenvalue weighted by Crippen LogP contribution is 2.26. The molecule has 29 heavy (non-hydrogen) atoms. The predicted molar refractivity (Wildman–Crippen MR) is 131 cm³/mol. The van der Waals surface area contributed by atoms with Crippen molar-refractivity contribution in [3.8, 4) is 5.75 Å². The van der Waals surface area contributed by atoms with E-state index in [0.29, 0.717) is 31.4 Å². The van der Waals surface area contributed by atoms with Crippen LogP contribution in [0.3, 0.4) is 0 Å². The van der Waals surface area contributed by atoms with Gasteiger partial charge < -0.3 is 15.4 Å². The number of hydrogen-bond acceptors (Lipinski definition) is 4. The number of aliphatic imine (C=N–C) groups is 1. The lowest BCUT2D eigenvalue weighted by Gasteiger charge is -2.25. The number of sulfone groups is 1. The van der Waals surface area contributed by atoms with E-state index >= 15 is 0 Å². The zero-order chi connectivity index (χ0) is 20.8. The highest BCUT2D eigenvalue weighted by Gasteiger charge is 2.28. The van der Waals surface area contributed by atoms with Gasteiger partial charge in [-0.1, -0.05) is 39.8 Å². The van der Waals surface area contributed by atoms with Crippen LogP contribution >= 0.6 is 24.0 Å². The summed E-state index contributed by atoms with van der Waals surface area (Å²) in [5.74, 6) is 2.49. The fraction of sp³-hybridized carbons (Fsp3) is 0.667. The third kappa shape index (κ3) is 8.70. The third-order valence-corrected chi connectivity index (χ3v) is 6.54. The van der Waals surface area contributed by atoms with E-state index in [4.69, 9.17) is 9.73 Å². The maximum Gasteiger partial charge on any atom is 0.191 e. The molecule has 0 saturated carbocycles. The molecule has 1 fully saturated rings. The zero-order valence-electron chi connectivity index (χ0n) is 18.2. The van der Waals surface area contributed by atoms with Gasteiger partial charge in [0.2, 0.25) is 0 Å². The molecule has 1 atom stereocenters. The highest BCUT2D eigenvalue weighted by atomic mass is 127. The van der Waals surface area contributed by atoms with Crippen molar-refractivity contribution in [1.82, 2.24) is 10.6 Å². The lowest BCUT2D eigenvalue weighted by atomic mass is 9.85. The molecule has 1 saturated heterocycles. The van der Waals surface area contributed by atoms with E-state index in [1.165, 1.54) is 5.56 Å². The third-order valence-electron chi connectivity index (χ3n) is 4.77. The SMILES string of the molecule is CCNC(=NCC(C)(C)c1ccc(OCC(C)C)cc1)NC1CCS(=O)(=O)C1.I. The van der Waals surface area contributed by atoms with E-state index in [1.54, 1.807) is 0 Å².